The fourth-order valence-corrected chi connectivity index (χ4v) is 1.31. The maximum Gasteiger partial charge on any atom is 0.0693 e. The molecule has 1 aromatic heterocycles. The molecule has 2 rings (SSSR count). The molecule has 2 nitrogen and oxygen atoms in total. The van der Waals surface area contributed by atoms with Crippen LogP contribution in [0.25, 0.3) is 10.9 Å². The lowest BCUT2D eigenvalue weighted by Crippen LogP contribution is -2.08. The topological polar surface area (TPSA) is 30.9 Å². The van der Waals surface area contributed by atoms with Gasteiger partial charge in [0, 0.05) is 11.1 Å². The Morgan fingerprint density at radius 2 is 1.77 bits per heavy atom. The second-order valence-corrected chi connectivity index (χ2v) is 2.71. The van der Waals surface area contributed by atoms with Crippen molar-refractivity contribution in [1.29, 1.82) is 0 Å². The van der Waals surface area contributed by atoms with Crippen LogP contribution in [0.4, 0.5) is 0 Å². The summed E-state index contributed by atoms with van der Waals surface area (Å²) in [5, 5.41) is 1.20. The predicted molar refractivity (Wildman–Crippen MR) is 58.2 cm³/mol. The van der Waals surface area contributed by atoms with Crippen LogP contribution < -0.4 is 5.84 Å². The first-order chi connectivity index (χ1) is 6.29. The highest BCUT2D eigenvalue weighted by atomic mass is 15.3. The van der Waals surface area contributed by atoms with E-state index in [1.54, 1.807) is 4.68 Å². The van der Waals surface area contributed by atoms with Crippen molar-refractivity contribution in [2.75, 3.05) is 5.84 Å². The van der Waals surface area contributed by atoms with E-state index in [4.69, 9.17) is 5.84 Å². The molecule has 0 aliphatic heterocycles. The lowest BCUT2D eigenvalue weighted by Gasteiger charge is -1.96. The molecule has 0 spiro atoms. The summed E-state index contributed by atoms with van der Waals surface area (Å²) in [6.07, 6.45) is 0. The molecule has 2 aromatic rings. The second kappa shape index (κ2) is 3.99. The third-order valence-corrected chi connectivity index (χ3v) is 1.94. The molecule has 0 radical (unpaired) electrons. The number of aromatic nitrogens is 1. The molecule has 0 fully saturated rings. The number of rotatable bonds is 0. The van der Waals surface area contributed by atoms with Gasteiger partial charge in [-0.05, 0) is 19.1 Å². The lowest BCUT2D eigenvalue weighted by atomic mass is 10.2. The van der Waals surface area contributed by atoms with Crippen LogP contribution in [0.3, 0.4) is 0 Å². The van der Waals surface area contributed by atoms with Gasteiger partial charge in [-0.1, -0.05) is 32.0 Å². The normalized spacial score (nSPS) is 9.46. The molecule has 1 aromatic carbocycles. The molecule has 0 saturated carbocycles. The van der Waals surface area contributed by atoms with E-state index >= 15 is 0 Å². The summed E-state index contributed by atoms with van der Waals surface area (Å²) in [5.74, 6) is 5.75. The maximum absolute atomic E-state index is 5.75. The molecule has 2 heteroatoms. The van der Waals surface area contributed by atoms with Crippen molar-refractivity contribution in [3.05, 3.63) is 36.0 Å². The second-order valence-electron chi connectivity index (χ2n) is 2.71. The first-order valence-electron chi connectivity index (χ1n) is 4.61. The highest BCUT2D eigenvalue weighted by Gasteiger charge is 1.99. The van der Waals surface area contributed by atoms with E-state index < -0.39 is 0 Å². The van der Waals surface area contributed by atoms with Crippen molar-refractivity contribution in [1.82, 2.24) is 4.68 Å². The van der Waals surface area contributed by atoms with Crippen molar-refractivity contribution in [2.24, 2.45) is 0 Å². The fraction of sp³-hybridized carbons (Fsp3) is 0.273. The summed E-state index contributed by atoms with van der Waals surface area (Å²) >= 11 is 0. The average molecular weight is 176 g/mol. The fourth-order valence-electron chi connectivity index (χ4n) is 1.31. The van der Waals surface area contributed by atoms with Gasteiger partial charge in [-0.25, -0.2) is 0 Å². The number of hydrogen-bond acceptors (Lipinski definition) is 1. The number of nitrogens with two attached hydrogens (primary N) is 1. The van der Waals surface area contributed by atoms with Crippen molar-refractivity contribution in [3.63, 3.8) is 0 Å². The number of benzene rings is 1. The molecule has 0 amide bonds. The van der Waals surface area contributed by atoms with Crippen LogP contribution in [-0.4, -0.2) is 4.68 Å². The van der Waals surface area contributed by atoms with Gasteiger partial charge in [0.05, 0.1) is 5.52 Å². The van der Waals surface area contributed by atoms with Gasteiger partial charge in [-0.3, -0.25) is 4.68 Å². The number of aryl methyl sites for hydroxylation is 1. The smallest absolute Gasteiger partial charge is 0.0693 e. The third kappa shape index (κ3) is 1.66. The molecule has 0 aliphatic carbocycles. The van der Waals surface area contributed by atoms with Gasteiger partial charge in [0.25, 0.3) is 0 Å². The van der Waals surface area contributed by atoms with E-state index in [0.717, 1.165) is 11.2 Å². The molecular formula is C11H16N2. The van der Waals surface area contributed by atoms with Crippen molar-refractivity contribution >= 4 is 10.9 Å². The minimum atomic E-state index is 1.09. The van der Waals surface area contributed by atoms with Crippen LogP contribution in [-0.2, 0) is 0 Å². The lowest BCUT2D eigenvalue weighted by molar-refractivity contribution is 1.00. The van der Waals surface area contributed by atoms with Crippen LogP contribution in [0.2, 0.25) is 0 Å². The summed E-state index contributed by atoms with van der Waals surface area (Å²) in [6.45, 7) is 6.00. The van der Waals surface area contributed by atoms with E-state index in [0.29, 0.717) is 0 Å². The van der Waals surface area contributed by atoms with Gasteiger partial charge in [0.1, 0.15) is 0 Å². The molecule has 13 heavy (non-hydrogen) atoms. The Kier molecular flexibility index (Phi) is 2.96. The van der Waals surface area contributed by atoms with Crippen molar-refractivity contribution in [2.45, 2.75) is 20.8 Å². The minimum absolute atomic E-state index is 1.09. The van der Waals surface area contributed by atoms with E-state index in [-0.39, 0.29) is 0 Å². The van der Waals surface area contributed by atoms with Crippen LogP contribution in [0.1, 0.15) is 19.5 Å². The summed E-state index contributed by atoms with van der Waals surface area (Å²) in [6, 6.07) is 10.2. The van der Waals surface area contributed by atoms with Crippen molar-refractivity contribution in [3.8, 4) is 0 Å². The van der Waals surface area contributed by atoms with E-state index in [1.807, 2.05) is 39.0 Å². The largest absolute Gasteiger partial charge is 0.339 e. The van der Waals surface area contributed by atoms with E-state index in [2.05, 4.69) is 12.1 Å². The zero-order chi connectivity index (χ0) is 9.84. The Labute approximate surface area is 78.9 Å². The van der Waals surface area contributed by atoms with E-state index in [1.165, 1.54) is 5.39 Å². The number of para-hydroxylation sites is 1. The van der Waals surface area contributed by atoms with Gasteiger partial charge in [0.15, 0.2) is 0 Å². The van der Waals surface area contributed by atoms with Crippen LogP contribution in [0.5, 0.6) is 0 Å². The summed E-state index contributed by atoms with van der Waals surface area (Å²) in [5.41, 5.74) is 2.18. The summed E-state index contributed by atoms with van der Waals surface area (Å²) in [4.78, 5) is 0. The molecule has 0 atom stereocenters. The Morgan fingerprint density at radius 3 is 2.38 bits per heavy atom. The molecule has 0 bridgehead atoms. The van der Waals surface area contributed by atoms with Crippen LogP contribution in [0, 0.1) is 6.92 Å². The molecular weight excluding hydrogens is 160 g/mol. The highest BCUT2D eigenvalue weighted by molar-refractivity contribution is 5.81. The van der Waals surface area contributed by atoms with Gasteiger partial charge < -0.3 is 5.84 Å². The molecule has 2 N–H and O–H groups in total. The van der Waals surface area contributed by atoms with Gasteiger partial charge in [-0.2, -0.15) is 0 Å². The number of nitrogen functional groups attached to an aromatic ring is 1. The standard InChI is InChI=1S/C9H10N2.C2H6/c1-7-6-8-4-2-3-5-9(8)11(7)10;1-2/h2-6H,10H2,1H3;1-2H3. The Balaban J connectivity index is 0.000000396. The monoisotopic (exact) mass is 176 g/mol. The summed E-state index contributed by atoms with van der Waals surface area (Å²) < 4.78 is 1.70. The van der Waals surface area contributed by atoms with Crippen LogP contribution >= 0.6 is 0 Å². The van der Waals surface area contributed by atoms with Gasteiger partial charge in [-0.15, -0.1) is 0 Å². The number of fused-ring (bicyclic) bond motifs is 1. The summed E-state index contributed by atoms with van der Waals surface area (Å²) in [7, 11) is 0. The number of nitrogens with zero attached hydrogens (tertiary/aromatic N) is 1. The van der Waals surface area contributed by atoms with E-state index in [9.17, 15) is 0 Å². The SMILES string of the molecule is CC.Cc1cc2ccccc2n1N. The quantitative estimate of drug-likeness (QED) is 0.615. The molecule has 0 unspecified atom stereocenters. The zero-order valence-corrected chi connectivity index (χ0v) is 8.41. The molecule has 0 aliphatic rings. The molecule has 0 saturated heterocycles. The molecule has 1 heterocycles. The first-order valence-corrected chi connectivity index (χ1v) is 4.61. The van der Waals surface area contributed by atoms with Gasteiger partial charge in [0.2, 0.25) is 0 Å². The maximum atomic E-state index is 5.75. The van der Waals surface area contributed by atoms with Gasteiger partial charge >= 0.3 is 0 Å². The Morgan fingerprint density at radius 1 is 1.15 bits per heavy atom. The Bertz CT molecular complexity index is 388. The van der Waals surface area contributed by atoms with Crippen molar-refractivity contribution < 1.29 is 0 Å². The predicted octanol–water partition coefficient (Wildman–Crippen LogP) is 2.69. The number of hydrogen-bond donors (Lipinski definition) is 1. The highest BCUT2D eigenvalue weighted by Crippen LogP contribution is 2.15. The minimum Gasteiger partial charge on any atom is -0.339 e. The zero-order valence-electron chi connectivity index (χ0n) is 8.41. The Hall–Kier alpha value is -1.44. The third-order valence-electron chi connectivity index (χ3n) is 1.94. The first kappa shape index (κ1) is 9.65. The average Bonchev–Trinajstić information content (AvgIpc) is 2.47. The van der Waals surface area contributed by atoms with Crippen LogP contribution in [0.15, 0.2) is 30.3 Å². The molecule has 70 valence electrons.